The Morgan fingerprint density at radius 1 is 0.857 bits per heavy atom. The van der Waals surface area contributed by atoms with Crippen molar-refractivity contribution in [3.05, 3.63) is 71.3 Å². The summed E-state index contributed by atoms with van der Waals surface area (Å²) in [6.07, 6.45) is 0.833. The van der Waals surface area contributed by atoms with Gasteiger partial charge >= 0.3 is 6.03 Å². The lowest BCUT2D eigenvalue weighted by molar-refractivity contribution is 0.240. The first-order chi connectivity index (χ1) is 10.3. The SMILES string of the molecule is NCc1ccc(CNC(=O)NCCc2ccccc2)cc1. The third-order valence-electron chi connectivity index (χ3n) is 3.25. The molecule has 2 aromatic rings. The molecule has 4 N–H and O–H groups in total. The fourth-order valence-corrected chi connectivity index (χ4v) is 2.00. The van der Waals surface area contributed by atoms with E-state index < -0.39 is 0 Å². The van der Waals surface area contributed by atoms with Crippen LogP contribution in [0.1, 0.15) is 16.7 Å². The highest BCUT2D eigenvalue weighted by Crippen LogP contribution is 2.03. The van der Waals surface area contributed by atoms with E-state index in [-0.39, 0.29) is 6.03 Å². The number of benzene rings is 2. The van der Waals surface area contributed by atoms with Crippen molar-refractivity contribution in [2.24, 2.45) is 5.73 Å². The highest BCUT2D eigenvalue weighted by Gasteiger charge is 2.00. The van der Waals surface area contributed by atoms with Gasteiger partial charge in [0.15, 0.2) is 0 Å². The largest absolute Gasteiger partial charge is 0.338 e. The molecule has 0 unspecified atom stereocenters. The van der Waals surface area contributed by atoms with E-state index in [1.807, 2.05) is 42.5 Å². The summed E-state index contributed by atoms with van der Waals surface area (Å²) in [6, 6.07) is 17.9. The monoisotopic (exact) mass is 283 g/mol. The molecule has 0 radical (unpaired) electrons. The van der Waals surface area contributed by atoms with Gasteiger partial charge in [0, 0.05) is 19.6 Å². The van der Waals surface area contributed by atoms with Gasteiger partial charge in [0.25, 0.3) is 0 Å². The standard InChI is InChI=1S/C17H21N3O/c18-12-15-6-8-16(9-7-15)13-20-17(21)19-11-10-14-4-2-1-3-5-14/h1-9H,10-13,18H2,(H2,19,20,21). The van der Waals surface area contributed by atoms with Crippen LogP contribution < -0.4 is 16.4 Å². The van der Waals surface area contributed by atoms with Crippen LogP contribution in [0.25, 0.3) is 0 Å². The fourth-order valence-electron chi connectivity index (χ4n) is 2.00. The minimum Gasteiger partial charge on any atom is -0.338 e. The number of rotatable bonds is 6. The Morgan fingerprint density at radius 3 is 2.19 bits per heavy atom. The third-order valence-corrected chi connectivity index (χ3v) is 3.25. The molecular formula is C17H21N3O. The molecule has 0 aliphatic heterocycles. The van der Waals surface area contributed by atoms with Gasteiger partial charge in [-0.3, -0.25) is 0 Å². The second-order valence-electron chi connectivity index (χ2n) is 4.87. The van der Waals surface area contributed by atoms with Crippen LogP contribution in [-0.4, -0.2) is 12.6 Å². The van der Waals surface area contributed by atoms with E-state index in [0.29, 0.717) is 19.6 Å². The van der Waals surface area contributed by atoms with Crippen LogP contribution in [0.5, 0.6) is 0 Å². The Kier molecular flexibility index (Phi) is 5.79. The van der Waals surface area contributed by atoms with E-state index in [4.69, 9.17) is 5.73 Å². The average molecular weight is 283 g/mol. The first-order valence-electron chi connectivity index (χ1n) is 7.11. The van der Waals surface area contributed by atoms with Gasteiger partial charge in [-0.2, -0.15) is 0 Å². The van der Waals surface area contributed by atoms with Gasteiger partial charge in [-0.1, -0.05) is 54.6 Å². The van der Waals surface area contributed by atoms with E-state index in [0.717, 1.165) is 17.5 Å². The normalized spacial score (nSPS) is 10.1. The van der Waals surface area contributed by atoms with Crippen molar-refractivity contribution in [3.8, 4) is 0 Å². The smallest absolute Gasteiger partial charge is 0.315 e. The molecular weight excluding hydrogens is 262 g/mol. The molecule has 4 nitrogen and oxygen atoms in total. The van der Waals surface area contributed by atoms with Crippen LogP contribution in [0.4, 0.5) is 4.79 Å². The molecule has 4 heteroatoms. The Morgan fingerprint density at radius 2 is 1.52 bits per heavy atom. The molecule has 2 aromatic carbocycles. The second kappa shape index (κ2) is 8.07. The number of nitrogens with one attached hydrogen (secondary N) is 2. The molecule has 0 aromatic heterocycles. The molecule has 0 fully saturated rings. The highest BCUT2D eigenvalue weighted by molar-refractivity contribution is 5.73. The van der Waals surface area contributed by atoms with Gasteiger partial charge in [0.1, 0.15) is 0 Å². The average Bonchev–Trinajstić information content (AvgIpc) is 2.54. The Bertz CT molecular complexity index is 552. The zero-order valence-corrected chi connectivity index (χ0v) is 12.0. The topological polar surface area (TPSA) is 67.1 Å². The highest BCUT2D eigenvalue weighted by atomic mass is 16.2. The van der Waals surface area contributed by atoms with Crippen LogP contribution in [0, 0.1) is 0 Å². The van der Waals surface area contributed by atoms with Crippen molar-refractivity contribution in [1.82, 2.24) is 10.6 Å². The van der Waals surface area contributed by atoms with Gasteiger partial charge in [-0.15, -0.1) is 0 Å². The van der Waals surface area contributed by atoms with Crippen LogP contribution in [0.15, 0.2) is 54.6 Å². The fraction of sp³-hybridized carbons (Fsp3) is 0.235. The quantitative estimate of drug-likeness (QED) is 0.760. The van der Waals surface area contributed by atoms with Crippen LogP contribution in [0.2, 0.25) is 0 Å². The van der Waals surface area contributed by atoms with Crippen molar-refractivity contribution in [2.75, 3.05) is 6.54 Å². The van der Waals surface area contributed by atoms with Crippen molar-refractivity contribution in [1.29, 1.82) is 0 Å². The third kappa shape index (κ3) is 5.28. The van der Waals surface area contributed by atoms with Crippen molar-refractivity contribution in [2.45, 2.75) is 19.5 Å². The number of nitrogens with two attached hydrogens (primary N) is 1. The summed E-state index contributed by atoms with van der Waals surface area (Å²) in [6.45, 7) is 1.68. The van der Waals surface area contributed by atoms with Gasteiger partial charge < -0.3 is 16.4 Å². The molecule has 2 amide bonds. The Balaban J connectivity index is 1.67. The van der Waals surface area contributed by atoms with Crippen molar-refractivity contribution < 1.29 is 4.79 Å². The van der Waals surface area contributed by atoms with Crippen molar-refractivity contribution >= 4 is 6.03 Å². The molecule has 0 saturated carbocycles. The van der Waals surface area contributed by atoms with Gasteiger partial charge in [-0.05, 0) is 23.1 Å². The zero-order valence-electron chi connectivity index (χ0n) is 12.0. The van der Waals surface area contributed by atoms with E-state index >= 15 is 0 Å². The first-order valence-corrected chi connectivity index (χ1v) is 7.11. The molecule has 110 valence electrons. The van der Waals surface area contributed by atoms with Crippen LogP contribution >= 0.6 is 0 Å². The van der Waals surface area contributed by atoms with Gasteiger partial charge in [0.2, 0.25) is 0 Å². The Hall–Kier alpha value is -2.33. The first kappa shape index (κ1) is 15.1. The summed E-state index contributed by atoms with van der Waals surface area (Å²) in [5.74, 6) is 0. The maximum absolute atomic E-state index is 11.7. The predicted molar refractivity (Wildman–Crippen MR) is 84.7 cm³/mol. The van der Waals surface area contributed by atoms with Crippen LogP contribution in [-0.2, 0) is 19.5 Å². The van der Waals surface area contributed by atoms with E-state index in [2.05, 4.69) is 22.8 Å². The summed E-state index contributed by atoms with van der Waals surface area (Å²) in [7, 11) is 0. The minimum absolute atomic E-state index is 0.145. The van der Waals surface area contributed by atoms with Gasteiger partial charge in [-0.25, -0.2) is 4.79 Å². The number of urea groups is 1. The molecule has 0 spiro atoms. The van der Waals surface area contributed by atoms with E-state index in [9.17, 15) is 4.79 Å². The summed E-state index contributed by atoms with van der Waals surface area (Å²) >= 11 is 0. The lowest BCUT2D eigenvalue weighted by Crippen LogP contribution is -2.36. The number of carbonyl (C=O) groups excluding carboxylic acids is 1. The van der Waals surface area contributed by atoms with E-state index in [1.54, 1.807) is 0 Å². The molecule has 21 heavy (non-hydrogen) atoms. The maximum atomic E-state index is 11.7. The molecule has 0 saturated heterocycles. The summed E-state index contributed by atoms with van der Waals surface area (Å²) in [4.78, 5) is 11.7. The molecule has 0 aliphatic carbocycles. The summed E-state index contributed by atoms with van der Waals surface area (Å²) in [5, 5.41) is 5.70. The zero-order chi connectivity index (χ0) is 14.9. The Labute approximate surface area is 125 Å². The molecule has 0 heterocycles. The molecule has 0 aliphatic rings. The lowest BCUT2D eigenvalue weighted by atomic mass is 10.1. The maximum Gasteiger partial charge on any atom is 0.315 e. The predicted octanol–water partition coefficient (Wildman–Crippen LogP) is 2.19. The van der Waals surface area contributed by atoms with Gasteiger partial charge in [0.05, 0.1) is 0 Å². The van der Waals surface area contributed by atoms with Crippen molar-refractivity contribution in [3.63, 3.8) is 0 Å². The van der Waals surface area contributed by atoms with Crippen LogP contribution in [0.3, 0.4) is 0 Å². The second-order valence-corrected chi connectivity index (χ2v) is 4.87. The number of amides is 2. The minimum atomic E-state index is -0.145. The number of carbonyl (C=O) groups is 1. The lowest BCUT2D eigenvalue weighted by Gasteiger charge is -2.08. The molecule has 0 bridgehead atoms. The molecule has 0 atom stereocenters. The van der Waals surface area contributed by atoms with E-state index in [1.165, 1.54) is 5.56 Å². The molecule has 2 rings (SSSR count). The number of hydrogen-bond donors (Lipinski definition) is 3. The summed E-state index contributed by atoms with van der Waals surface area (Å²) < 4.78 is 0. The number of hydrogen-bond acceptors (Lipinski definition) is 2. The summed E-state index contributed by atoms with van der Waals surface area (Å²) in [5.41, 5.74) is 8.91.